The van der Waals surface area contributed by atoms with Crippen LogP contribution in [0.5, 0.6) is 0 Å². The van der Waals surface area contributed by atoms with Gasteiger partial charge in [-0.3, -0.25) is 9.59 Å². The summed E-state index contributed by atoms with van der Waals surface area (Å²) in [5, 5.41) is 46.3. The molecule has 3 aliphatic heterocycles. The first-order valence-electron chi connectivity index (χ1n) is 15.1. The summed E-state index contributed by atoms with van der Waals surface area (Å²) in [5.41, 5.74) is -0.508. The lowest BCUT2D eigenvalue weighted by molar-refractivity contribution is -0.946. The number of quaternary nitrogens is 1. The molecular formula is C35H42NO9+. The van der Waals surface area contributed by atoms with Crippen LogP contribution in [0, 0.1) is 5.41 Å². The molecule has 240 valence electrons. The van der Waals surface area contributed by atoms with Crippen LogP contribution in [0.1, 0.15) is 48.8 Å². The Morgan fingerprint density at radius 3 is 1.51 bits per heavy atom. The van der Waals surface area contributed by atoms with E-state index in [0.717, 1.165) is 67.7 Å². The maximum absolute atomic E-state index is 12.4. The summed E-state index contributed by atoms with van der Waals surface area (Å²) in [6, 6.07) is 31.1. The molecule has 10 heteroatoms. The Kier molecular flexibility index (Phi) is 10.8. The van der Waals surface area contributed by atoms with Gasteiger partial charge in [-0.2, -0.15) is 0 Å². The number of aliphatic hydroxyl groups is 2. The summed E-state index contributed by atoms with van der Waals surface area (Å²) < 4.78 is 7.17. The predicted molar refractivity (Wildman–Crippen MR) is 165 cm³/mol. The lowest BCUT2D eigenvalue weighted by Gasteiger charge is -2.60. The van der Waals surface area contributed by atoms with Gasteiger partial charge in [0.05, 0.1) is 45.7 Å². The van der Waals surface area contributed by atoms with E-state index in [1.165, 1.54) is 5.56 Å². The van der Waals surface area contributed by atoms with Crippen molar-refractivity contribution in [3.63, 3.8) is 0 Å². The van der Waals surface area contributed by atoms with Gasteiger partial charge in [-0.1, -0.05) is 91.0 Å². The number of rotatable bonds is 13. The second-order valence-electron chi connectivity index (χ2n) is 12.2. The van der Waals surface area contributed by atoms with E-state index in [4.69, 9.17) is 25.2 Å². The van der Waals surface area contributed by atoms with E-state index in [1.807, 2.05) is 18.2 Å². The van der Waals surface area contributed by atoms with E-state index in [0.29, 0.717) is 6.61 Å². The number of ether oxygens (including phenoxy) is 1. The Labute approximate surface area is 262 Å². The molecule has 3 saturated heterocycles. The molecule has 3 aromatic carbocycles. The van der Waals surface area contributed by atoms with E-state index in [1.54, 1.807) is 0 Å². The Hall–Kier alpha value is -4.09. The predicted octanol–water partition coefficient (Wildman–Crippen LogP) is 3.89. The molecule has 2 bridgehead atoms. The van der Waals surface area contributed by atoms with Crippen molar-refractivity contribution in [3.8, 4) is 0 Å². The highest BCUT2D eigenvalue weighted by Crippen LogP contribution is 2.57. The number of nitrogens with zero attached hydrogens (tertiary/aromatic N) is 1. The van der Waals surface area contributed by atoms with Crippen LogP contribution in [0.4, 0.5) is 0 Å². The maximum Gasteiger partial charge on any atom is 0.336 e. The van der Waals surface area contributed by atoms with Gasteiger partial charge in [-0.25, -0.2) is 4.79 Å². The molecular weight excluding hydrogens is 578 g/mol. The number of fused-ring (bicyclic) bond motifs is 3. The third-order valence-electron chi connectivity index (χ3n) is 9.45. The van der Waals surface area contributed by atoms with Gasteiger partial charge < -0.3 is 34.8 Å². The topological polar surface area (TPSA) is 162 Å². The van der Waals surface area contributed by atoms with Gasteiger partial charge in [0.15, 0.2) is 5.60 Å². The molecule has 45 heavy (non-hydrogen) atoms. The summed E-state index contributed by atoms with van der Waals surface area (Å²) in [7, 11) is 0. The van der Waals surface area contributed by atoms with E-state index in [-0.39, 0.29) is 5.41 Å². The number of benzene rings is 3. The molecule has 0 unspecified atom stereocenters. The van der Waals surface area contributed by atoms with Crippen LogP contribution in [0.3, 0.4) is 0 Å². The molecule has 0 aliphatic carbocycles. The minimum Gasteiger partial charge on any atom is -0.481 e. The van der Waals surface area contributed by atoms with Crippen molar-refractivity contribution >= 4 is 17.9 Å². The molecule has 0 saturated carbocycles. The number of piperidine rings is 3. The van der Waals surface area contributed by atoms with Crippen LogP contribution in [-0.2, 0) is 31.3 Å². The highest BCUT2D eigenvalue weighted by Gasteiger charge is 2.60. The molecule has 3 aliphatic rings. The fraction of sp³-hybridized carbons (Fsp3) is 0.400. The summed E-state index contributed by atoms with van der Waals surface area (Å²) in [6.07, 6.45) is 0.854. The van der Waals surface area contributed by atoms with Gasteiger partial charge in [0.1, 0.15) is 12.1 Å². The number of carbonyl (C=O) groups is 3. The molecule has 0 atom stereocenters. The van der Waals surface area contributed by atoms with E-state index >= 15 is 0 Å². The number of hydrogen-bond donors (Lipinski definition) is 5. The highest BCUT2D eigenvalue weighted by atomic mass is 16.5. The Bertz CT molecular complexity index is 1350. The van der Waals surface area contributed by atoms with E-state index in [2.05, 4.69) is 72.8 Å². The first kappa shape index (κ1) is 33.8. The Balaban J connectivity index is 0.000000302. The monoisotopic (exact) mass is 620 g/mol. The third-order valence-corrected chi connectivity index (χ3v) is 9.45. The van der Waals surface area contributed by atoms with Crippen molar-refractivity contribution in [1.82, 2.24) is 0 Å². The van der Waals surface area contributed by atoms with Crippen molar-refractivity contribution < 1.29 is 49.1 Å². The fourth-order valence-corrected chi connectivity index (χ4v) is 6.82. The molecule has 3 fully saturated rings. The zero-order valence-corrected chi connectivity index (χ0v) is 25.3. The average Bonchev–Trinajstić information content (AvgIpc) is 3.04. The fourth-order valence-electron chi connectivity index (χ4n) is 6.82. The van der Waals surface area contributed by atoms with Gasteiger partial charge in [0, 0.05) is 24.7 Å². The molecule has 0 radical (unpaired) electrons. The average molecular weight is 621 g/mol. The van der Waals surface area contributed by atoms with Crippen LogP contribution < -0.4 is 0 Å². The van der Waals surface area contributed by atoms with E-state index in [9.17, 15) is 19.5 Å². The van der Waals surface area contributed by atoms with Gasteiger partial charge in [-0.15, -0.1) is 0 Å². The zero-order valence-electron chi connectivity index (χ0n) is 25.3. The molecule has 5 N–H and O–H groups in total. The Morgan fingerprint density at radius 1 is 0.689 bits per heavy atom. The van der Waals surface area contributed by atoms with Gasteiger partial charge in [0.25, 0.3) is 0 Å². The van der Waals surface area contributed by atoms with Crippen molar-refractivity contribution in [1.29, 1.82) is 0 Å². The molecule has 10 nitrogen and oxygen atoms in total. The van der Waals surface area contributed by atoms with Crippen molar-refractivity contribution in [2.24, 2.45) is 5.41 Å². The second-order valence-corrected chi connectivity index (χ2v) is 12.2. The molecule has 6 rings (SSSR count). The van der Waals surface area contributed by atoms with Crippen LogP contribution in [0.25, 0.3) is 0 Å². The standard InChI is InChI=1S/C29H34NO2.C6H8O7/c31-29(26-12-6-2-7-13-26,27-14-8-3-9-15-27)28-16-19-30(20-17-28,21-18-28)22-23-32-24-25-10-4-1-5-11-25;7-3(8)1-6(13,5(11)12)2-4(9)10/h1-15,31H,16-24H2;13H,1-2H2,(H,7,8)(H,9,10)(H,11,12)/q+1;. The molecule has 3 heterocycles. The lowest BCUT2D eigenvalue weighted by atomic mass is 9.56. The number of carboxylic acids is 3. The smallest absolute Gasteiger partial charge is 0.336 e. The van der Waals surface area contributed by atoms with Crippen molar-refractivity contribution in [3.05, 3.63) is 108 Å². The zero-order chi connectivity index (χ0) is 32.6. The lowest BCUT2D eigenvalue weighted by Crippen LogP contribution is -2.67. The van der Waals surface area contributed by atoms with Crippen LogP contribution in [0.15, 0.2) is 91.0 Å². The Morgan fingerprint density at radius 2 is 1.11 bits per heavy atom. The normalized spacial score (nSPS) is 20.9. The van der Waals surface area contributed by atoms with Gasteiger partial charge in [-0.05, 0) is 16.7 Å². The SMILES string of the molecule is O=C(O)CC(O)(CC(=O)O)C(=O)O.OC(c1ccccc1)(c1ccccc1)C12CC[N+](CCOCc3ccccc3)(CC1)CC2. The number of hydrogen-bond acceptors (Lipinski definition) is 6. The summed E-state index contributed by atoms with van der Waals surface area (Å²) in [5.74, 6) is -5.02. The maximum atomic E-state index is 12.4. The van der Waals surface area contributed by atoms with Gasteiger partial charge in [0.2, 0.25) is 0 Å². The highest BCUT2D eigenvalue weighted by molar-refractivity contribution is 5.88. The van der Waals surface area contributed by atoms with Crippen molar-refractivity contribution in [2.75, 3.05) is 32.8 Å². The molecule has 0 amide bonds. The number of aliphatic carboxylic acids is 3. The summed E-state index contributed by atoms with van der Waals surface area (Å²) >= 11 is 0. The minimum absolute atomic E-state index is 0.111. The number of carboxylic acid groups (broad SMARTS) is 3. The minimum atomic E-state index is -2.74. The third kappa shape index (κ3) is 7.77. The van der Waals surface area contributed by atoms with Crippen LogP contribution in [-0.4, -0.2) is 86.3 Å². The molecule has 3 aromatic rings. The largest absolute Gasteiger partial charge is 0.481 e. The second kappa shape index (κ2) is 14.3. The first-order chi connectivity index (χ1) is 21.4. The van der Waals surface area contributed by atoms with Gasteiger partial charge >= 0.3 is 17.9 Å². The summed E-state index contributed by atoms with van der Waals surface area (Å²) in [4.78, 5) is 30.5. The molecule has 0 spiro atoms. The first-order valence-corrected chi connectivity index (χ1v) is 15.1. The van der Waals surface area contributed by atoms with Crippen molar-refractivity contribution in [2.45, 2.75) is 49.9 Å². The van der Waals surface area contributed by atoms with Crippen LogP contribution in [0.2, 0.25) is 0 Å². The van der Waals surface area contributed by atoms with E-state index < -0.39 is 42.0 Å². The summed E-state index contributed by atoms with van der Waals surface area (Å²) in [6.45, 7) is 5.91. The quantitative estimate of drug-likeness (QED) is 0.141. The molecule has 0 aromatic heterocycles. The van der Waals surface area contributed by atoms with Crippen LogP contribution >= 0.6 is 0 Å².